The van der Waals surface area contributed by atoms with Crippen molar-refractivity contribution in [3.63, 3.8) is 0 Å². The van der Waals surface area contributed by atoms with Crippen molar-refractivity contribution in [1.82, 2.24) is 5.32 Å². The van der Waals surface area contributed by atoms with Crippen molar-refractivity contribution in [2.75, 3.05) is 0 Å². The minimum atomic E-state index is -3.72. The van der Waals surface area contributed by atoms with Crippen molar-refractivity contribution in [3.8, 4) is 11.5 Å². The SMILES string of the molecule is O=C(O)c1cccc(C2CC(NC(=O)C3(c4ccc5c(c4)OC(F)(F)O5)CC3)CC(c3ccccc3)O2)c1. The molecule has 1 saturated carbocycles. The van der Waals surface area contributed by atoms with E-state index in [9.17, 15) is 23.5 Å². The molecule has 1 aliphatic carbocycles. The number of fused-ring (bicyclic) bond motifs is 1. The molecule has 2 heterocycles. The number of carbonyl (C=O) groups excluding carboxylic acids is 1. The predicted octanol–water partition coefficient (Wildman–Crippen LogP) is 5.52. The number of carbonyl (C=O) groups is 2. The molecule has 7 nitrogen and oxygen atoms in total. The Morgan fingerprint density at radius 3 is 2.24 bits per heavy atom. The van der Waals surface area contributed by atoms with Gasteiger partial charge in [0.05, 0.1) is 23.2 Å². The van der Waals surface area contributed by atoms with Crippen LogP contribution in [0.15, 0.2) is 72.8 Å². The first-order valence-corrected chi connectivity index (χ1v) is 12.5. The van der Waals surface area contributed by atoms with Crippen molar-refractivity contribution in [3.05, 3.63) is 95.1 Å². The second kappa shape index (κ2) is 9.09. The fraction of sp³-hybridized carbons (Fsp3) is 0.310. The summed E-state index contributed by atoms with van der Waals surface area (Å²) in [6.07, 6.45) is -2.29. The van der Waals surface area contributed by atoms with E-state index >= 15 is 0 Å². The average Bonchev–Trinajstić information content (AvgIpc) is 3.66. The lowest BCUT2D eigenvalue weighted by molar-refractivity contribution is -0.286. The molecule has 1 saturated heterocycles. The smallest absolute Gasteiger partial charge is 0.478 e. The highest BCUT2D eigenvalue weighted by Gasteiger charge is 2.53. The third-order valence-electron chi connectivity index (χ3n) is 7.48. The van der Waals surface area contributed by atoms with Crippen LogP contribution < -0.4 is 14.8 Å². The Kier molecular flexibility index (Phi) is 5.83. The Morgan fingerprint density at radius 1 is 0.842 bits per heavy atom. The maximum atomic E-state index is 13.6. The van der Waals surface area contributed by atoms with Gasteiger partial charge < -0.3 is 24.6 Å². The van der Waals surface area contributed by atoms with Crippen LogP contribution in [-0.2, 0) is 14.9 Å². The summed E-state index contributed by atoms with van der Waals surface area (Å²) in [6, 6.07) is 20.6. The van der Waals surface area contributed by atoms with Crippen molar-refractivity contribution >= 4 is 11.9 Å². The third-order valence-corrected chi connectivity index (χ3v) is 7.48. The fourth-order valence-electron chi connectivity index (χ4n) is 5.35. The lowest BCUT2D eigenvalue weighted by atomic mass is 9.89. The second-order valence-corrected chi connectivity index (χ2v) is 10.0. The zero-order valence-electron chi connectivity index (χ0n) is 20.2. The van der Waals surface area contributed by atoms with Crippen LogP contribution >= 0.6 is 0 Å². The molecule has 3 unspecified atom stereocenters. The van der Waals surface area contributed by atoms with Crippen LogP contribution in [0, 0.1) is 0 Å². The normalized spacial score (nSPS) is 24.4. The van der Waals surface area contributed by atoms with E-state index in [1.807, 2.05) is 36.4 Å². The van der Waals surface area contributed by atoms with Gasteiger partial charge in [-0.25, -0.2) is 4.79 Å². The number of hydrogen-bond donors (Lipinski definition) is 2. The van der Waals surface area contributed by atoms with Crippen molar-refractivity contribution in [2.45, 2.75) is 55.6 Å². The molecule has 3 atom stereocenters. The van der Waals surface area contributed by atoms with Gasteiger partial charge in [-0.05, 0) is 66.6 Å². The topological polar surface area (TPSA) is 94.1 Å². The molecule has 9 heteroatoms. The molecule has 3 aromatic rings. The van der Waals surface area contributed by atoms with Crippen LogP contribution in [0.4, 0.5) is 8.78 Å². The summed E-state index contributed by atoms with van der Waals surface area (Å²) < 4.78 is 42.5. The number of benzene rings is 3. The summed E-state index contributed by atoms with van der Waals surface area (Å²) in [5.74, 6) is -1.35. The zero-order valence-corrected chi connectivity index (χ0v) is 20.2. The molecular weight excluding hydrogens is 496 g/mol. The van der Waals surface area contributed by atoms with Crippen LogP contribution in [0.5, 0.6) is 11.5 Å². The van der Waals surface area contributed by atoms with Gasteiger partial charge in [-0.2, -0.15) is 0 Å². The summed E-state index contributed by atoms with van der Waals surface area (Å²) in [4.78, 5) is 25.1. The van der Waals surface area contributed by atoms with Crippen LogP contribution in [-0.4, -0.2) is 29.3 Å². The molecule has 196 valence electrons. The van der Waals surface area contributed by atoms with Gasteiger partial charge >= 0.3 is 12.3 Å². The Bertz CT molecular complexity index is 1390. The number of carboxylic acids is 1. The second-order valence-electron chi connectivity index (χ2n) is 10.0. The van der Waals surface area contributed by atoms with E-state index in [1.165, 1.54) is 18.2 Å². The number of aromatic carboxylic acids is 1. The Hall–Kier alpha value is -3.98. The molecule has 3 aliphatic rings. The summed E-state index contributed by atoms with van der Waals surface area (Å²) in [5.41, 5.74) is 1.63. The summed E-state index contributed by atoms with van der Waals surface area (Å²) in [5, 5.41) is 12.6. The highest BCUT2D eigenvalue weighted by molar-refractivity contribution is 5.91. The van der Waals surface area contributed by atoms with Crippen molar-refractivity contribution < 1.29 is 37.7 Å². The van der Waals surface area contributed by atoms with Gasteiger partial charge in [0.1, 0.15) is 0 Å². The largest absolute Gasteiger partial charge is 0.586 e. The number of nitrogens with one attached hydrogen (secondary N) is 1. The number of carboxylic acid groups (broad SMARTS) is 1. The van der Waals surface area contributed by atoms with Crippen LogP contribution in [0.1, 0.15) is 64.9 Å². The van der Waals surface area contributed by atoms with E-state index in [1.54, 1.807) is 18.2 Å². The maximum Gasteiger partial charge on any atom is 0.586 e. The number of ether oxygens (including phenoxy) is 3. The van der Waals surface area contributed by atoms with E-state index in [2.05, 4.69) is 14.8 Å². The monoisotopic (exact) mass is 521 g/mol. The molecule has 0 aromatic heterocycles. The highest BCUT2D eigenvalue weighted by Crippen LogP contribution is 2.52. The van der Waals surface area contributed by atoms with E-state index in [-0.39, 0.29) is 35.1 Å². The number of rotatable bonds is 6. The fourth-order valence-corrected chi connectivity index (χ4v) is 5.35. The van der Waals surface area contributed by atoms with Crippen molar-refractivity contribution in [1.29, 1.82) is 0 Å². The van der Waals surface area contributed by atoms with E-state index in [0.29, 0.717) is 31.2 Å². The molecule has 3 aromatic carbocycles. The Morgan fingerprint density at radius 2 is 1.53 bits per heavy atom. The maximum absolute atomic E-state index is 13.6. The van der Waals surface area contributed by atoms with Gasteiger partial charge in [0.25, 0.3) is 0 Å². The predicted molar refractivity (Wildman–Crippen MR) is 131 cm³/mol. The van der Waals surface area contributed by atoms with Gasteiger partial charge in [0.15, 0.2) is 11.5 Å². The first-order valence-electron chi connectivity index (χ1n) is 12.5. The molecule has 0 spiro atoms. The Labute approximate surface area is 217 Å². The average molecular weight is 522 g/mol. The molecule has 0 radical (unpaired) electrons. The van der Waals surface area contributed by atoms with Gasteiger partial charge in [0, 0.05) is 6.04 Å². The molecule has 38 heavy (non-hydrogen) atoms. The molecule has 2 aliphatic heterocycles. The molecule has 0 bridgehead atoms. The number of alkyl halides is 2. The summed E-state index contributed by atoms with van der Waals surface area (Å²) >= 11 is 0. The number of amides is 1. The first kappa shape index (κ1) is 24.4. The molecule has 6 rings (SSSR count). The van der Waals surface area contributed by atoms with E-state index < -0.39 is 23.8 Å². The van der Waals surface area contributed by atoms with E-state index in [0.717, 1.165) is 11.1 Å². The van der Waals surface area contributed by atoms with Crippen molar-refractivity contribution in [2.24, 2.45) is 0 Å². The number of halogens is 2. The molecule has 1 amide bonds. The summed E-state index contributed by atoms with van der Waals surface area (Å²) in [7, 11) is 0. The molecule has 2 fully saturated rings. The van der Waals surface area contributed by atoms with Crippen LogP contribution in [0.25, 0.3) is 0 Å². The van der Waals surface area contributed by atoms with Gasteiger partial charge in [-0.1, -0.05) is 48.5 Å². The lowest BCUT2D eigenvalue weighted by Crippen LogP contribution is -2.45. The third kappa shape index (κ3) is 4.58. The van der Waals surface area contributed by atoms with Gasteiger partial charge in [0.2, 0.25) is 5.91 Å². The van der Waals surface area contributed by atoms with E-state index in [4.69, 9.17) is 4.74 Å². The standard InChI is InChI=1S/C29H25F2NO6/c30-29(31)37-22-10-9-20(14-25(22)38-29)28(11-12-28)27(35)32-21-15-23(17-5-2-1-3-6-17)36-24(16-21)18-7-4-8-19(13-18)26(33)34/h1-10,13-14,21,23-24H,11-12,15-16H2,(H,32,35)(H,33,34). The highest BCUT2D eigenvalue weighted by atomic mass is 19.3. The first-order chi connectivity index (χ1) is 18.2. The van der Waals surface area contributed by atoms with Crippen LogP contribution in [0.2, 0.25) is 0 Å². The quantitative estimate of drug-likeness (QED) is 0.444. The number of hydrogen-bond acceptors (Lipinski definition) is 5. The molecule has 2 N–H and O–H groups in total. The van der Waals surface area contributed by atoms with Crippen LogP contribution in [0.3, 0.4) is 0 Å². The van der Waals surface area contributed by atoms with Gasteiger partial charge in [-0.15, -0.1) is 8.78 Å². The Balaban J connectivity index is 1.24. The van der Waals surface area contributed by atoms with Gasteiger partial charge in [-0.3, -0.25) is 4.79 Å². The minimum Gasteiger partial charge on any atom is -0.478 e. The molecular formula is C29H25F2NO6. The zero-order chi connectivity index (χ0) is 26.5. The summed E-state index contributed by atoms with van der Waals surface area (Å²) in [6.45, 7) is 0. The lowest BCUT2D eigenvalue weighted by Gasteiger charge is -2.37. The minimum absolute atomic E-state index is 0.0588.